The van der Waals surface area contributed by atoms with Crippen LogP contribution in [-0.4, -0.2) is 24.1 Å². The number of benzene rings is 2. The van der Waals surface area contributed by atoms with Gasteiger partial charge < -0.3 is 10.1 Å². The molecule has 0 aliphatic heterocycles. The van der Waals surface area contributed by atoms with Gasteiger partial charge in [-0.2, -0.15) is 5.10 Å². The monoisotopic (exact) mass is 441 g/mol. The van der Waals surface area contributed by atoms with Gasteiger partial charge in [0.15, 0.2) is 6.61 Å². The molecule has 28 heavy (non-hydrogen) atoms. The number of carbonyl (C=O) groups excluding carboxylic acids is 2. The molecule has 0 saturated carbocycles. The minimum absolute atomic E-state index is 0.0201. The molecule has 0 aliphatic carbocycles. The molecule has 148 valence electrons. The second kappa shape index (κ2) is 10.3. The number of hydrogen-bond donors (Lipinski definition) is 2. The van der Waals surface area contributed by atoms with Gasteiger partial charge in [-0.3, -0.25) is 9.59 Å². The number of hydrogen-bond acceptors (Lipinski definition) is 4. The molecule has 0 fully saturated rings. The molecule has 0 heterocycles. The minimum Gasteiger partial charge on any atom is -0.482 e. The highest BCUT2D eigenvalue weighted by molar-refractivity contribution is 6.35. The number of ether oxygens (including phenoxy) is 1. The lowest BCUT2D eigenvalue weighted by atomic mass is 10.2. The Hall–Kier alpha value is -2.28. The van der Waals surface area contributed by atoms with Gasteiger partial charge in [-0.1, -0.05) is 34.8 Å². The number of nitrogens with one attached hydrogen (secondary N) is 2. The zero-order valence-corrected chi connectivity index (χ0v) is 17.5. The predicted molar refractivity (Wildman–Crippen MR) is 113 cm³/mol. The van der Waals surface area contributed by atoms with E-state index in [1.807, 2.05) is 6.92 Å². The maximum atomic E-state index is 12.1. The van der Waals surface area contributed by atoms with Crippen molar-refractivity contribution in [3.8, 4) is 5.75 Å². The molecule has 0 radical (unpaired) electrons. The van der Waals surface area contributed by atoms with Crippen LogP contribution in [0.4, 0.5) is 5.69 Å². The summed E-state index contributed by atoms with van der Waals surface area (Å²) >= 11 is 17.7. The summed E-state index contributed by atoms with van der Waals surface area (Å²) in [5, 5.41) is 8.03. The molecular formula is C19H18Cl3N3O3. The van der Waals surface area contributed by atoms with E-state index in [0.29, 0.717) is 32.2 Å². The van der Waals surface area contributed by atoms with Gasteiger partial charge in [-0.05, 0) is 55.8 Å². The van der Waals surface area contributed by atoms with Gasteiger partial charge in [0, 0.05) is 21.4 Å². The predicted octanol–water partition coefficient (Wildman–Crippen LogP) is 4.85. The van der Waals surface area contributed by atoms with Crippen LogP contribution in [0.25, 0.3) is 0 Å². The quantitative estimate of drug-likeness (QED) is 0.475. The Balaban J connectivity index is 1.80. The number of amides is 2. The van der Waals surface area contributed by atoms with E-state index in [-0.39, 0.29) is 18.9 Å². The van der Waals surface area contributed by atoms with E-state index in [1.165, 1.54) is 6.07 Å². The Labute approximate surface area is 177 Å². The van der Waals surface area contributed by atoms with Gasteiger partial charge in [-0.25, -0.2) is 5.43 Å². The van der Waals surface area contributed by atoms with Crippen LogP contribution in [0, 0.1) is 6.92 Å². The molecule has 2 aromatic rings. The first kappa shape index (κ1) is 22.0. The van der Waals surface area contributed by atoms with Gasteiger partial charge in [0.1, 0.15) is 5.75 Å². The third-order valence-corrected chi connectivity index (χ3v) is 4.27. The fraction of sp³-hybridized carbons (Fsp3) is 0.211. The van der Waals surface area contributed by atoms with Crippen LogP contribution in [0.15, 0.2) is 41.5 Å². The number of rotatable bonds is 7. The summed E-state index contributed by atoms with van der Waals surface area (Å²) in [5.41, 5.74) is 4.28. The zero-order valence-electron chi connectivity index (χ0n) is 15.2. The number of aryl methyl sites for hydroxylation is 1. The smallest absolute Gasteiger partial charge is 0.277 e. The summed E-state index contributed by atoms with van der Waals surface area (Å²) in [5.74, 6) is -0.413. The van der Waals surface area contributed by atoms with Crippen LogP contribution >= 0.6 is 34.8 Å². The number of anilines is 1. The second-order valence-electron chi connectivity index (χ2n) is 5.93. The van der Waals surface area contributed by atoms with Crippen molar-refractivity contribution in [2.75, 3.05) is 11.9 Å². The van der Waals surface area contributed by atoms with Crippen LogP contribution in [0.3, 0.4) is 0 Å². The van der Waals surface area contributed by atoms with E-state index in [0.717, 1.165) is 5.56 Å². The average molecular weight is 443 g/mol. The maximum Gasteiger partial charge on any atom is 0.277 e. The lowest BCUT2D eigenvalue weighted by Gasteiger charge is -2.09. The van der Waals surface area contributed by atoms with Gasteiger partial charge in [0.25, 0.3) is 5.91 Å². The van der Waals surface area contributed by atoms with Gasteiger partial charge in [0.2, 0.25) is 5.91 Å². The number of halogens is 3. The van der Waals surface area contributed by atoms with Crippen LogP contribution in [0.2, 0.25) is 15.1 Å². The lowest BCUT2D eigenvalue weighted by molar-refractivity contribution is -0.123. The second-order valence-corrected chi connectivity index (χ2v) is 7.21. The zero-order chi connectivity index (χ0) is 20.7. The Bertz CT molecular complexity index is 917. The van der Waals surface area contributed by atoms with Gasteiger partial charge in [-0.15, -0.1) is 0 Å². The van der Waals surface area contributed by atoms with Crippen molar-refractivity contribution in [2.45, 2.75) is 20.3 Å². The topological polar surface area (TPSA) is 79.8 Å². The first-order chi connectivity index (χ1) is 13.2. The Kier molecular flexibility index (Phi) is 8.11. The van der Waals surface area contributed by atoms with Crippen molar-refractivity contribution < 1.29 is 14.3 Å². The fourth-order valence-electron chi connectivity index (χ4n) is 2.16. The molecule has 0 bridgehead atoms. The van der Waals surface area contributed by atoms with Crippen molar-refractivity contribution in [1.29, 1.82) is 0 Å². The maximum absolute atomic E-state index is 12.1. The minimum atomic E-state index is -0.487. The lowest BCUT2D eigenvalue weighted by Crippen LogP contribution is -2.26. The van der Waals surface area contributed by atoms with E-state index in [1.54, 1.807) is 37.3 Å². The van der Waals surface area contributed by atoms with E-state index >= 15 is 0 Å². The largest absolute Gasteiger partial charge is 0.482 e. The fourth-order valence-corrected chi connectivity index (χ4v) is 2.85. The molecular weight excluding hydrogens is 425 g/mol. The summed E-state index contributed by atoms with van der Waals surface area (Å²) < 4.78 is 5.31. The summed E-state index contributed by atoms with van der Waals surface area (Å²) in [7, 11) is 0. The van der Waals surface area contributed by atoms with Crippen molar-refractivity contribution >= 4 is 58.0 Å². The first-order valence-corrected chi connectivity index (χ1v) is 9.34. The van der Waals surface area contributed by atoms with Gasteiger partial charge in [0.05, 0.1) is 11.4 Å². The third-order valence-electron chi connectivity index (χ3n) is 3.50. The van der Waals surface area contributed by atoms with Crippen molar-refractivity contribution in [3.05, 3.63) is 57.0 Å². The molecule has 2 rings (SSSR count). The highest BCUT2D eigenvalue weighted by Crippen LogP contribution is 2.27. The van der Waals surface area contributed by atoms with E-state index in [4.69, 9.17) is 39.5 Å². The highest BCUT2D eigenvalue weighted by atomic mass is 35.5. The molecule has 0 saturated heterocycles. The molecule has 0 aliphatic rings. The summed E-state index contributed by atoms with van der Waals surface area (Å²) in [4.78, 5) is 23.9. The molecule has 2 N–H and O–H groups in total. The molecule has 0 spiro atoms. The Morgan fingerprint density at radius 3 is 2.39 bits per heavy atom. The van der Waals surface area contributed by atoms with Crippen LogP contribution in [0.5, 0.6) is 5.75 Å². The molecule has 9 heteroatoms. The summed E-state index contributed by atoms with van der Waals surface area (Å²) in [6.07, 6.45) is 0.0201. The Morgan fingerprint density at radius 2 is 1.71 bits per heavy atom. The summed E-state index contributed by atoms with van der Waals surface area (Å²) in [6, 6.07) is 9.85. The van der Waals surface area contributed by atoms with Crippen molar-refractivity contribution in [3.63, 3.8) is 0 Å². The standard InChI is InChI=1S/C19H18Cl3N3O3/c1-11-7-13(20)3-5-16(11)23-18(26)8-12(2)24-25-19(27)10-28-17-6-4-14(21)9-15(17)22/h3-7,9H,8,10H2,1-2H3,(H,23,26)(H,25,27). The molecule has 2 amide bonds. The van der Waals surface area contributed by atoms with Crippen LogP contribution in [0.1, 0.15) is 18.9 Å². The Morgan fingerprint density at radius 1 is 1.04 bits per heavy atom. The van der Waals surface area contributed by atoms with Crippen molar-refractivity contribution in [1.82, 2.24) is 5.43 Å². The van der Waals surface area contributed by atoms with Crippen molar-refractivity contribution in [2.24, 2.45) is 5.10 Å². The molecule has 0 unspecified atom stereocenters. The number of nitrogens with zero attached hydrogens (tertiary/aromatic N) is 1. The normalized spacial score (nSPS) is 11.1. The molecule has 2 aromatic carbocycles. The van der Waals surface area contributed by atoms with Crippen LogP contribution in [-0.2, 0) is 9.59 Å². The molecule has 0 aromatic heterocycles. The van der Waals surface area contributed by atoms with Gasteiger partial charge >= 0.3 is 0 Å². The van der Waals surface area contributed by atoms with E-state index < -0.39 is 5.91 Å². The average Bonchev–Trinajstić information content (AvgIpc) is 2.61. The number of hydrazone groups is 1. The van der Waals surface area contributed by atoms with E-state index in [9.17, 15) is 9.59 Å². The highest BCUT2D eigenvalue weighted by Gasteiger charge is 2.09. The SMILES string of the molecule is CC(CC(=O)Nc1ccc(Cl)cc1C)=NNC(=O)COc1ccc(Cl)cc1Cl. The molecule has 0 atom stereocenters. The van der Waals surface area contributed by atoms with E-state index in [2.05, 4.69) is 15.8 Å². The number of carbonyl (C=O) groups is 2. The third kappa shape index (κ3) is 7.03. The summed E-state index contributed by atoms with van der Waals surface area (Å²) in [6.45, 7) is 3.19. The molecule has 6 nitrogen and oxygen atoms in total. The first-order valence-electron chi connectivity index (χ1n) is 8.20. The van der Waals surface area contributed by atoms with Crippen LogP contribution < -0.4 is 15.5 Å².